The minimum absolute atomic E-state index is 0.0528. The molecule has 5 nitrogen and oxygen atoms in total. The van der Waals surface area contributed by atoms with Crippen LogP contribution in [0.25, 0.3) is 0 Å². The molecule has 5 atom stereocenters. The van der Waals surface area contributed by atoms with E-state index in [9.17, 15) is 13.6 Å². The van der Waals surface area contributed by atoms with Gasteiger partial charge in [-0.05, 0) is 25.0 Å². The van der Waals surface area contributed by atoms with Crippen molar-refractivity contribution < 1.29 is 27.1 Å². The molecule has 3 aliphatic rings. The van der Waals surface area contributed by atoms with Gasteiger partial charge in [0.05, 0.1) is 24.7 Å². The number of fused-ring (bicyclic) bond motifs is 3. The molecule has 9 heteroatoms. The third-order valence-corrected chi connectivity index (χ3v) is 8.01. The predicted octanol–water partition coefficient (Wildman–Crippen LogP) is 5.09. The molecule has 2 aromatic rings. The van der Waals surface area contributed by atoms with Crippen molar-refractivity contribution in [2.75, 3.05) is 44.9 Å². The molecule has 37 heavy (non-hydrogen) atoms. The van der Waals surface area contributed by atoms with E-state index >= 15 is 8.78 Å². The van der Waals surface area contributed by atoms with Crippen LogP contribution in [0, 0.1) is 23.5 Å². The number of ether oxygens (including phenoxy) is 1. The lowest BCUT2D eigenvalue weighted by molar-refractivity contribution is -0.143. The Labute approximate surface area is 214 Å². The van der Waals surface area contributed by atoms with Crippen molar-refractivity contribution >= 4 is 11.6 Å². The zero-order valence-corrected chi connectivity index (χ0v) is 21.1. The number of hydrogen-bond donors (Lipinski definition) is 1. The van der Waals surface area contributed by atoms with Gasteiger partial charge < -0.3 is 15.0 Å². The van der Waals surface area contributed by atoms with E-state index < -0.39 is 42.2 Å². The van der Waals surface area contributed by atoms with Crippen LogP contribution in [0.2, 0.25) is 0 Å². The van der Waals surface area contributed by atoms with Gasteiger partial charge in [-0.3, -0.25) is 18.5 Å². The molecule has 0 radical (unpaired) electrons. The summed E-state index contributed by atoms with van der Waals surface area (Å²) in [5, 5.41) is 3.40. The fourth-order valence-electron chi connectivity index (χ4n) is 6.10. The van der Waals surface area contributed by atoms with Gasteiger partial charge in [0, 0.05) is 60.9 Å². The molecule has 200 valence electrons. The molecule has 3 aliphatic heterocycles. The highest BCUT2D eigenvalue weighted by molar-refractivity contribution is 5.80. The minimum Gasteiger partial charge on any atom is -0.492 e. The molecule has 2 unspecified atom stereocenters. The number of hydrogen-bond acceptors (Lipinski definition) is 4. The lowest BCUT2D eigenvalue weighted by Crippen LogP contribution is -2.55. The average molecular weight is 520 g/mol. The van der Waals surface area contributed by atoms with Crippen molar-refractivity contribution in [2.45, 2.75) is 44.3 Å². The first-order valence-corrected chi connectivity index (χ1v) is 13.0. The number of halogens is 4. The first-order chi connectivity index (χ1) is 17.8. The van der Waals surface area contributed by atoms with Crippen molar-refractivity contribution in [1.82, 2.24) is 9.80 Å². The Hall–Kier alpha value is -2.81. The van der Waals surface area contributed by atoms with Crippen LogP contribution in [-0.2, 0) is 4.79 Å². The number of anilines is 1. The van der Waals surface area contributed by atoms with Crippen molar-refractivity contribution in [3.63, 3.8) is 0 Å². The van der Waals surface area contributed by atoms with Crippen LogP contribution in [0.1, 0.15) is 43.4 Å². The highest BCUT2D eigenvalue weighted by Crippen LogP contribution is 2.51. The maximum Gasteiger partial charge on any atom is 0.228 e. The Kier molecular flexibility index (Phi) is 7.34. The number of carbonyl (C=O) groups excluding carboxylic acids is 1. The van der Waals surface area contributed by atoms with Gasteiger partial charge in [0.1, 0.15) is 30.7 Å². The number of likely N-dealkylation sites (tertiary alicyclic amines) is 2. The van der Waals surface area contributed by atoms with Crippen LogP contribution in [0.3, 0.4) is 0 Å². The Balaban J connectivity index is 1.43. The topological polar surface area (TPSA) is 44.8 Å². The SMILES string of the molecule is C[C@H](CF)C(=O)N1[C@H](C)CC2c3ccccc3NC2[C@H]1c1c(F)cc(OCCN2CC(CF)C2)cc1F. The van der Waals surface area contributed by atoms with Gasteiger partial charge in [0.25, 0.3) is 0 Å². The monoisotopic (exact) mass is 519 g/mol. The number of para-hydroxylation sites is 1. The maximum absolute atomic E-state index is 15.7. The second-order valence-corrected chi connectivity index (χ2v) is 10.6. The van der Waals surface area contributed by atoms with Crippen molar-refractivity contribution in [2.24, 2.45) is 11.8 Å². The van der Waals surface area contributed by atoms with E-state index in [1.165, 1.54) is 11.8 Å². The first-order valence-electron chi connectivity index (χ1n) is 13.0. The lowest BCUT2D eigenvalue weighted by Gasteiger charge is -2.48. The van der Waals surface area contributed by atoms with E-state index in [0.29, 0.717) is 26.1 Å². The number of nitrogens with one attached hydrogen (secondary N) is 1. The van der Waals surface area contributed by atoms with Crippen LogP contribution in [0.4, 0.5) is 23.2 Å². The second kappa shape index (κ2) is 10.5. The zero-order chi connectivity index (χ0) is 26.3. The van der Waals surface area contributed by atoms with E-state index in [2.05, 4.69) is 5.32 Å². The number of amides is 1. The van der Waals surface area contributed by atoms with Crippen molar-refractivity contribution in [3.05, 3.63) is 59.2 Å². The number of nitrogens with zero attached hydrogens (tertiary/aromatic N) is 2. The molecule has 5 rings (SSSR count). The molecule has 2 fully saturated rings. The van der Waals surface area contributed by atoms with Crippen LogP contribution in [0.5, 0.6) is 5.75 Å². The van der Waals surface area contributed by atoms with Crippen LogP contribution in [-0.4, -0.2) is 67.4 Å². The number of rotatable bonds is 8. The van der Waals surface area contributed by atoms with Crippen molar-refractivity contribution in [1.29, 1.82) is 0 Å². The van der Waals surface area contributed by atoms with Crippen LogP contribution in [0.15, 0.2) is 36.4 Å². The lowest BCUT2D eigenvalue weighted by atomic mass is 9.77. The molecule has 2 saturated heterocycles. The predicted molar refractivity (Wildman–Crippen MR) is 133 cm³/mol. The van der Waals surface area contributed by atoms with Crippen molar-refractivity contribution in [3.8, 4) is 5.75 Å². The average Bonchev–Trinajstić information content (AvgIpc) is 3.22. The van der Waals surface area contributed by atoms with E-state index in [1.54, 1.807) is 0 Å². The molecule has 0 spiro atoms. The molecule has 0 bridgehead atoms. The van der Waals surface area contributed by atoms with E-state index in [0.717, 1.165) is 23.4 Å². The molecular formula is C28H33F4N3O2. The van der Waals surface area contributed by atoms with Gasteiger partial charge in [0.2, 0.25) is 5.91 Å². The number of piperidine rings is 1. The number of benzene rings is 2. The van der Waals surface area contributed by atoms with Gasteiger partial charge in [0.15, 0.2) is 0 Å². The third kappa shape index (κ3) is 4.78. The maximum atomic E-state index is 15.7. The Morgan fingerprint density at radius 1 is 1.16 bits per heavy atom. The quantitative estimate of drug-likeness (QED) is 0.494. The summed E-state index contributed by atoms with van der Waals surface area (Å²) < 4.78 is 63.1. The van der Waals surface area contributed by atoms with Gasteiger partial charge in [-0.15, -0.1) is 0 Å². The molecule has 1 amide bonds. The summed E-state index contributed by atoms with van der Waals surface area (Å²) in [6.45, 7) is 4.21. The Morgan fingerprint density at radius 3 is 2.54 bits per heavy atom. The summed E-state index contributed by atoms with van der Waals surface area (Å²) in [5.74, 6) is -2.94. The van der Waals surface area contributed by atoms with Crippen LogP contribution < -0.4 is 10.1 Å². The molecule has 0 saturated carbocycles. The van der Waals surface area contributed by atoms with Gasteiger partial charge >= 0.3 is 0 Å². The summed E-state index contributed by atoms with van der Waals surface area (Å²) >= 11 is 0. The fourth-order valence-corrected chi connectivity index (χ4v) is 6.10. The minimum atomic E-state index is -0.963. The highest BCUT2D eigenvalue weighted by Gasteiger charge is 2.50. The smallest absolute Gasteiger partial charge is 0.228 e. The Bertz CT molecular complexity index is 1120. The summed E-state index contributed by atoms with van der Waals surface area (Å²) in [7, 11) is 0. The first kappa shape index (κ1) is 25.8. The summed E-state index contributed by atoms with van der Waals surface area (Å²) in [4.78, 5) is 16.8. The highest BCUT2D eigenvalue weighted by atomic mass is 19.1. The summed E-state index contributed by atoms with van der Waals surface area (Å²) in [5.41, 5.74) is 1.71. The summed E-state index contributed by atoms with van der Waals surface area (Å²) in [6, 6.07) is 8.26. The number of carbonyl (C=O) groups is 1. The normalized spacial score (nSPS) is 26.2. The fraction of sp³-hybridized carbons (Fsp3) is 0.536. The Morgan fingerprint density at radius 2 is 1.86 bits per heavy atom. The molecule has 0 aliphatic carbocycles. The molecule has 3 heterocycles. The zero-order valence-electron chi connectivity index (χ0n) is 21.1. The van der Waals surface area contributed by atoms with Gasteiger partial charge in [-0.25, -0.2) is 8.78 Å². The summed E-state index contributed by atoms with van der Waals surface area (Å²) in [6.07, 6.45) is 0.597. The largest absolute Gasteiger partial charge is 0.492 e. The standard InChI is InChI=1S/C28H33F4N3O2/c1-16(12-29)28(36)35-17(2)9-21-20-5-3-4-6-24(20)33-26(21)27(35)25-22(31)10-19(11-23(25)32)37-8-7-34-14-18(13-30)15-34/h3-6,10-11,16-18,21,26-27,33H,7-9,12-15H2,1-2H3/t16-,17-,21?,26?,27-/m1/s1. The second-order valence-electron chi connectivity index (χ2n) is 10.6. The van der Waals surface area contributed by atoms with E-state index in [-0.39, 0.29) is 42.5 Å². The molecule has 2 aromatic carbocycles. The number of alkyl halides is 2. The molecule has 0 aromatic heterocycles. The van der Waals surface area contributed by atoms with E-state index in [4.69, 9.17) is 4.74 Å². The third-order valence-electron chi connectivity index (χ3n) is 8.01. The van der Waals surface area contributed by atoms with Gasteiger partial charge in [-0.2, -0.15) is 0 Å². The van der Waals surface area contributed by atoms with E-state index in [1.807, 2.05) is 36.1 Å². The van der Waals surface area contributed by atoms with Crippen LogP contribution >= 0.6 is 0 Å². The molecular weight excluding hydrogens is 486 g/mol. The molecule has 1 N–H and O–H groups in total. The van der Waals surface area contributed by atoms with Gasteiger partial charge in [-0.1, -0.05) is 25.1 Å².